The number of ether oxygens (including phenoxy) is 1. The molecule has 0 N–H and O–H groups in total. The lowest BCUT2D eigenvalue weighted by Crippen LogP contribution is -2.22. The zero-order valence-corrected chi connectivity index (χ0v) is 9.51. The molecule has 0 aromatic carbocycles. The van der Waals surface area contributed by atoms with Crippen molar-refractivity contribution >= 4 is 5.78 Å². The highest BCUT2D eigenvalue weighted by Gasteiger charge is 2.35. The summed E-state index contributed by atoms with van der Waals surface area (Å²) in [4.78, 5) is 11.9. The van der Waals surface area contributed by atoms with Crippen LogP contribution >= 0.6 is 0 Å². The molecule has 0 saturated carbocycles. The van der Waals surface area contributed by atoms with Gasteiger partial charge in [-0.3, -0.25) is 4.79 Å². The van der Waals surface area contributed by atoms with E-state index in [1.54, 1.807) is 7.11 Å². The number of rotatable bonds is 2. The molecule has 2 aliphatic rings. The molecule has 0 aromatic rings. The maximum atomic E-state index is 11.9. The lowest BCUT2D eigenvalue weighted by Gasteiger charge is -2.17. The summed E-state index contributed by atoms with van der Waals surface area (Å²) in [7, 11) is 1.67. The highest BCUT2D eigenvalue weighted by molar-refractivity contribution is 6.03. The fourth-order valence-electron chi connectivity index (χ4n) is 2.34. The summed E-state index contributed by atoms with van der Waals surface area (Å²) in [5, 5.41) is 0. The van der Waals surface area contributed by atoms with E-state index in [-0.39, 0.29) is 11.4 Å². The van der Waals surface area contributed by atoms with E-state index in [4.69, 9.17) is 4.74 Å². The van der Waals surface area contributed by atoms with Crippen molar-refractivity contribution in [3.8, 4) is 0 Å². The summed E-state index contributed by atoms with van der Waals surface area (Å²) in [6.45, 7) is 1.97. The van der Waals surface area contributed by atoms with Crippen molar-refractivity contribution in [1.82, 2.24) is 0 Å². The van der Waals surface area contributed by atoms with Crippen LogP contribution in [0, 0.1) is 0 Å². The minimum absolute atomic E-state index is 0.243. The molecular formula is C13H18O2. The molecule has 0 bridgehead atoms. The number of carbonyl (C=O) groups is 1. The second-order valence-electron chi connectivity index (χ2n) is 4.65. The molecule has 82 valence electrons. The van der Waals surface area contributed by atoms with Gasteiger partial charge in [0.25, 0.3) is 0 Å². The Morgan fingerprint density at radius 1 is 1.40 bits per heavy atom. The average molecular weight is 206 g/mol. The summed E-state index contributed by atoms with van der Waals surface area (Å²) in [5.41, 5.74) is 1.79. The van der Waals surface area contributed by atoms with E-state index in [1.807, 2.05) is 13.0 Å². The van der Waals surface area contributed by atoms with E-state index in [0.29, 0.717) is 6.42 Å². The summed E-state index contributed by atoms with van der Waals surface area (Å²) in [5.74, 6) is 0.243. The van der Waals surface area contributed by atoms with Gasteiger partial charge in [0.1, 0.15) is 0 Å². The Kier molecular flexibility index (Phi) is 2.79. The predicted octanol–water partition coefficient (Wildman–Crippen LogP) is 2.79. The van der Waals surface area contributed by atoms with Crippen molar-refractivity contribution in [1.29, 1.82) is 0 Å². The van der Waals surface area contributed by atoms with Crippen LogP contribution in [0.1, 0.15) is 39.0 Å². The number of hydrogen-bond acceptors (Lipinski definition) is 2. The van der Waals surface area contributed by atoms with Crippen molar-refractivity contribution in [2.24, 2.45) is 0 Å². The van der Waals surface area contributed by atoms with Crippen molar-refractivity contribution < 1.29 is 9.53 Å². The Bertz CT molecular complexity index is 338. The number of Topliss-reactive ketones (excluding diaryl/α,β-unsaturated/α-hetero) is 1. The van der Waals surface area contributed by atoms with Gasteiger partial charge in [-0.1, -0.05) is 6.08 Å². The zero-order valence-electron chi connectivity index (χ0n) is 9.51. The van der Waals surface area contributed by atoms with Crippen molar-refractivity contribution in [2.45, 2.75) is 44.6 Å². The van der Waals surface area contributed by atoms with E-state index in [1.165, 1.54) is 18.4 Å². The Labute approximate surface area is 91.0 Å². The first-order valence-corrected chi connectivity index (χ1v) is 5.65. The van der Waals surface area contributed by atoms with Crippen LogP contribution in [0.25, 0.3) is 0 Å². The third-order valence-corrected chi connectivity index (χ3v) is 3.36. The second kappa shape index (κ2) is 3.93. The first-order chi connectivity index (χ1) is 7.14. The van der Waals surface area contributed by atoms with Gasteiger partial charge in [-0.15, -0.1) is 0 Å². The minimum Gasteiger partial charge on any atom is -0.374 e. The number of hydrogen-bond donors (Lipinski definition) is 0. The molecule has 2 heteroatoms. The van der Waals surface area contributed by atoms with Gasteiger partial charge in [-0.2, -0.15) is 0 Å². The van der Waals surface area contributed by atoms with Crippen LogP contribution in [0.2, 0.25) is 0 Å². The van der Waals surface area contributed by atoms with Crippen molar-refractivity contribution in [3.63, 3.8) is 0 Å². The summed E-state index contributed by atoms with van der Waals surface area (Å²) in [6.07, 6.45) is 9.35. The average Bonchev–Trinajstić information content (AvgIpc) is 2.57. The molecule has 2 rings (SSSR count). The molecular weight excluding hydrogens is 188 g/mol. The van der Waals surface area contributed by atoms with Crippen LogP contribution in [0.4, 0.5) is 0 Å². The van der Waals surface area contributed by atoms with E-state index in [9.17, 15) is 4.79 Å². The SMILES string of the molecule is CO[C@]1(C)C=C(C2=CCCCC2)C(=O)C1. The largest absolute Gasteiger partial charge is 0.374 e. The predicted molar refractivity (Wildman–Crippen MR) is 59.7 cm³/mol. The van der Waals surface area contributed by atoms with Crippen LogP contribution in [-0.2, 0) is 9.53 Å². The molecule has 2 nitrogen and oxygen atoms in total. The van der Waals surface area contributed by atoms with Gasteiger partial charge >= 0.3 is 0 Å². The molecule has 0 saturated heterocycles. The van der Waals surface area contributed by atoms with Gasteiger partial charge in [0.2, 0.25) is 0 Å². The lowest BCUT2D eigenvalue weighted by molar-refractivity contribution is -0.117. The molecule has 1 atom stereocenters. The Morgan fingerprint density at radius 3 is 2.73 bits per heavy atom. The molecule has 0 unspecified atom stereocenters. The van der Waals surface area contributed by atoms with E-state index >= 15 is 0 Å². The second-order valence-corrected chi connectivity index (χ2v) is 4.65. The van der Waals surface area contributed by atoms with Crippen LogP contribution < -0.4 is 0 Å². The number of ketones is 1. The van der Waals surface area contributed by atoms with Gasteiger partial charge < -0.3 is 4.74 Å². The van der Waals surface area contributed by atoms with E-state index < -0.39 is 0 Å². The van der Waals surface area contributed by atoms with Crippen molar-refractivity contribution in [2.75, 3.05) is 7.11 Å². The maximum Gasteiger partial charge on any atom is 0.166 e. The van der Waals surface area contributed by atoms with Crippen LogP contribution in [-0.4, -0.2) is 18.5 Å². The molecule has 0 amide bonds. The maximum absolute atomic E-state index is 11.9. The lowest BCUT2D eigenvalue weighted by atomic mass is 9.93. The molecule has 0 fully saturated rings. The highest BCUT2D eigenvalue weighted by Crippen LogP contribution is 2.35. The van der Waals surface area contributed by atoms with Gasteiger partial charge in [0, 0.05) is 19.1 Å². The summed E-state index contributed by atoms with van der Waals surface area (Å²) in [6, 6.07) is 0. The standard InChI is InChI=1S/C13H18O2/c1-13(15-2)8-11(12(14)9-13)10-6-4-3-5-7-10/h6,8H,3-5,7,9H2,1-2H3/t13-/m1/s1. The van der Waals surface area contributed by atoms with Gasteiger partial charge in [0.05, 0.1) is 5.60 Å². The highest BCUT2D eigenvalue weighted by atomic mass is 16.5. The van der Waals surface area contributed by atoms with Gasteiger partial charge in [0.15, 0.2) is 5.78 Å². The summed E-state index contributed by atoms with van der Waals surface area (Å²) < 4.78 is 5.37. The monoisotopic (exact) mass is 206 g/mol. The Balaban J connectivity index is 2.25. The van der Waals surface area contributed by atoms with Crippen molar-refractivity contribution in [3.05, 3.63) is 23.3 Å². The van der Waals surface area contributed by atoms with E-state index in [2.05, 4.69) is 6.08 Å². The molecule has 15 heavy (non-hydrogen) atoms. The first-order valence-electron chi connectivity index (χ1n) is 5.65. The van der Waals surface area contributed by atoms with Crippen LogP contribution in [0.3, 0.4) is 0 Å². The molecule has 0 heterocycles. The number of allylic oxidation sites excluding steroid dienone is 3. The number of methoxy groups -OCH3 is 1. The van der Waals surface area contributed by atoms with Gasteiger partial charge in [-0.05, 0) is 44.3 Å². The summed E-state index contributed by atoms with van der Waals surface area (Å²) >= 11 is 0. The smallest absolute Gasteiger partial charge is 0.166 e. The normalized spacial score (nSPS) is 31.5. The Morgan fingerprint density at radius 2 is 2.20 bits per heavy atom. The molecule has 2 aliphatic carbocycles. The fraction of sp³-hybridized carbons (Fsp3) is 0.615. The third kappa shape index (κ3) is 2.05. The molecule has 0 spiro atoms. The fourth-order valence-corrected chi connectivity index (χ4v) is 2.34. The first kappa shape index (κ1) is 10.6. The zero-order chi connectivity index (χ0) is 10.9. The van der Waals surface area contributed by atoms with Crippen LogP contribution in [0.15, 0.2) is 23.3 Å². The Hall–Kier alpha value is -0.890. The molecule has 0 aliphatic heterocycles. The van der Waals surface area contributed by atoms with Crippen LogP contribution in [0.5, 0.6) is 0 Å². The van der Waals surface area contributed by atoms with Gasteiger partial charge in [-0.25, -0.2) is 0 Å². The topological polar surface area (TPSA) is 26.3 Å². The quantitative estimate of drug-likeness (QED) is 0.694. The molecule has 0 aromatic heterocycles. The third-order valence-electron chi connectivity index (χ3n) is 3.36. The number of carbonyl (C=O) groups excluding carboxylic acids is 1. The minimum atomic E-state index is -0.370. The van der Waals surface area contributed by atoms with E-state index in [0.717, 1.165) is 18.4 Å². The molecule has 0 radical (unpaired) electrons.